The molecule has 20 heavy (non-hydrogen) atoms. The average molecular weight is 297 g/mol. The van der Waals surface area contributed by atoms with Crippen LogP contribution in [0.15, 0.2) is 18.2 Å². The smallest absolute Gasteiger partial charge is 0.0682 e. The fourth-order valence-corrected chi connectivity index (χ4v) is 3.43. The topological polar surface area (TPSA) is 35.9 Å². The van der Waals surface area contributed by atoms with E-state index in [-0.39, 0.29) is 6.61 Å². The summed E-state index contributed by atoms with van der Waals surface area (Å²) in [4.78, 5) is 4.88. The molecule has 0 radical (unpaired) electrons. The lowest BCUT2D eigenvalue weighted by molar-refractivity contribution is 0.0209. The number of nitrogens with zero attached hydrogens (tertiary/aromatic N) is 2. The molecule has 4 nitrogen and oxygen atoms in total. The van der Waals surface area contributed by atoms with Gasteiger partial charge in [0, 0.05) is 32.2 Å². The third kappa shape index (κ3) is 2.93. The Labute approximate surface area is 124 Å². The number of benzene rings is 1. The van der Waals surface area contributed by atoms with Crippen LogP contribution in [0.5, 0.6) is 0 Å². The van der Waals surface area contributed by atoms with Crippen molar-refractivity contribution < 1.29 is 9.84 Å². The van der Waals surface area contributed by atoms with Crippen LogP contribution in [-0.4, -0.2) is 55.4 Å². The molecule has 3 rings (SSSR count). The zero-order chi connectivity index (χ0) is 13.9. The van der Waals surface area contributed by atoms with Crippen LogP contribution in [-0.2, 0) is 11.3 Å². The highest BCUT2D eigenvalue weighted by atomic mass is 35.5. The Bertz CT molecular complexity index is 463. The molecule has 0 aromatic heterocycles. The molecular formula is C15H21ClN2O2. The van der Waals surface area contributed by atoms with Crippen molar-refractivity contribution in [2.45, 2.75) is 19.1 Å². The van der Waals surface area contributed by atoms with Crippen molar-refractivity contribution >= 4 is 17.3 Å². The van der Waals surface area contributed by atoms with E-state index in [9.17, 15) is 0 Å². The van der Waals surface area contributed by atoms with Gasteiger partial charge in [0.25, 0.3) is 0 Å². The first-order valence-corrected chi connectivity index (χ1v) is 7.62. The molecule has 0 bridgehead atoms. The molecule has 0 amide bonds. The summed E-state index contributed by atoms with van der Waals surface area (Å²) in [5.74, 6) is 0. The molecule has 1 unspecified atom stereocenters. The van der Waals surface area contributed by atoms with Crippen molar-refractivity contribution in [3.63, 3.8) is 0 Å². The van der Waals surface area contributed by atoms with Gasteiger partial charge in [-0.05, 0) is 24.1 Å². The first-order valence-electron chi connectivity index (χ1n) is 7.24. The molecule has 110 valence electrons. The second kappa shape index (κ2) is 6.31. The van der Waals surface area contributed by atoms with E-state index in [0.717, 1.165) is 55.7 Å². The van der Waals surface area contributed by atoms with E-state index < -0.39 is 0 Å². The van der Waals surface area contributed by atoms with Crippen molar-refractivity contribution in [3.8, 4) is 0 Å². The van der Waals surface area contributed by atoms with E-state index in [1.54, 1.807) is 0 Å². The van der Waals surface area contributed by atoms with Gasteiger partial charge in [0.2, 0.25) is 0 Å². The van der Waals surface area contributed by atoms with Crippen molar-refractivity contribution in [2.75, 3.05) is 44.3 Å². The Morgan fingerprint density at radius 3 is 2.75 bits per heavy atom. The molecule has 2 fully saturated rings. The van der Waals surface area contributed by atoms with E-state index in [2.05, 4.69) is 9.80 Å². The number of halogens is 1. The summed E-state index contributed by atoms with van der Waals surface area (Å²) in [6.45, 7) is 5.88. The van der Waals surface area contributed by atoms with Gasteiger partial charge in [-0.2, -0.15) is 0 Å². The lowest BCUT2D eigenvalue weighted by Crippen LogP contribution is -2.44. The quantitative estimate of drug-likeness (QED) is 0.922. The van der Waals surface area contributed by atoms with Gasteiger partial charge in [-0.3, -0.25) is 4.90 Å². The third-order valence-electron chi connectivity index (χ3n) is 4.26. The molecule has 0 aliphatic carbocycles. The summed E-state index contributed by atoms with van der Waals surface area (Å²) in [6, 6.07) is 6.44. The van der Waals surface area contributed by atoms with Crippen LogP contribution >= 0.6 is 11.6 Å². The number of aliphatic hydroxyl groups is 1. The number of morpholine rings is 1. The minimum atomic E-state index is 0.0381. The molecule has 2 aliphatic rings. The zero-order valence-corrected chi connectivity index (χ0v) is 12.4. The van der Waals surface area contributed by atoms with Crippen molar-refractivity contribution in [3.05, 3.63) is 28.8 Å². The van der Waals surface area contributed by atoms with E-state index in [4.69, 9.17) is 21.4 Å². The van der Waals surface area contributed by atoms with Crippen molar-refractivity contribution in [1.82, 2.24) is 4.90 Å². The lowest BCUT2D eigenvalue weighted by atomic mass is 10.2. The Hall–Kier alpha value is -0.810. The number of rotatable bonds is 3. The van der Waals surface area contributed by atoms with Crippen LogP contribution in [0.3, 0.4) is 0 Å². The maximum absolute atomic E-state index is 9.14. The van der Waals surface area contributed by atoms with Crippen LogP contribution < -0.4 is 4.90 Å². The van der Waals surface area contributed by atoms with E-state index in [1.165, 1.54) is 6.42 Å². The molecule has 2 saturated heterocycles. The molecule has 0 spiro atoms. The normalized spacial score (nSPS) is 24.3. The molecule has 1 aromatic carbocycles. The van der Waals surface area contributed by atoms with Crippen molar-refractivity contribution in [1.29, 1.82) is 0 Å². The van der Waals surface area contributed by atoms with Crippen LogP contribution in [0.25, 0.3) is 0 Å². The minimum absolute atomic E-state index is 0.0381. The zero-order valence-electron chi connectivity index (χ0n) is 11.6. The van der Waals surface area contributed by atoms with Gasteiger partial charge in [-0.1, -0.05) is 17.7 Å². The van der Waals surface area contributed by atoms with Crippen LogP contribution in [0, 0.1) is 0 Å². The summed E-state index contributed by atoms with van der Waals surface area (Å²) in [6.07, 6.45) is 1.18. The standard InChI is InChI=1S/C15H21ClN2O2/c16-14-9-12(11-19)1-2-15(14)18-4-3-13(10-18)17-5-7-20-8-6-17/h1-2,9,13,19H,3-8,10-11H2. The number of aliphatic hydroxyl groups excluding tert-OH is 1. The molecule has 2 heterocycles. The summed E-state index contributed by atoms with van der Waals surface area (Å²) >= 11 is 6.34. The van der Waals surface area contributed by atoms with Gasteiger partial charge in [-0.25, -0.2) is 0 Å². The van der Waals surface area contributed by atoms with Crippen LogP contribution in [0.1, 0.15) is 12.0 Å². The highest BCUT2D eigenvalue weighted by molar-refractivity contribution is 6.33. The third-order valence-corrected chi connectivity index (χ3v) is 4.56. The summed E-state index contributed by atoms with van der Waals surface area (Å²) in [5.41, 5.74) is 1.95. The van der Waals surface area contributed by atoms with E-state index >= 15 is 0 Å². The molecule has 5 heteroatoms. The summed E-state index contributed by atoms with van der Waals surface area (Å²) in [5, 5.41) is 9.88. The predicted molar refractivity (Wildman–Crippen MR) is 80.4 cm³/mol. The van der Waals surface area contributed by atoms with Gasteiger partial charge in [-0.15, -0.1) is 0 Å². The molecule has 1 N–H and O–H groups in total. The molecule has 1 aromatic rings. The average Bonchev–Trinajstić information content (AvgIpc) is 2.97. The second-order valence-corrected chi connectivity index (χ2v) is 5.89. The largest absolute Gasteiger partial charge is 0.392 e. The summed E-state index contributed by atoms with van der Waals surface area (Å²) in [7, 11) is 0. The van der Waals surface area contributed by atoms with Crippen LogP contribution in [0.2, 0.25) is 5.02 Å². The highest BCUT2D eigenvalue weighted by Gasteiger charge is 2.29. The highest BCUT2D eigenvalue weighted by Crippen LogP contribution is 2.31. The number of anilines is 1. The Kier molecular flexibility index (Phi) is 4.46. The van der Waals surface area contributed by atoms with Gasteiger partial charge >= 0.3 is 0 Å². The van der Waals surface area contributed by atoms with Gasteiger partial charge in [0.05, 0.1) is 30.5 Å². The number of hydrogen-bond donors (Lipinski definition) is 1. The van der Waals surface area contributed by atoms with Gasteiger partial charge in [0.1, 0.15) is 0 Å². The Morgan fingerprint density at radius 1 is 1.25 bits per heavy atom. The first-order chi connectivity index (χ1) is 9.78. The molecule has 1 atom stereocenters. The molecular weight excluding hydrogens is 276 g/mol. The number of ether oxygens (including phenoxy) is 1. The monoisotopic (exact) mass is 296 g/mol. The molecule has 0 saturated carbocycles. The fourth-order valence-electron chi connectivity index (χ4n) is 3.11. The van der Waals surface area contributed by atoms with E-state index in [0.29, 0.717) is 6.04 Å². The minimum Gasteiger partial charge on any atom is -0.392 e. The molecule has 2 aliphatic heterocycles. The number of hydrogen-bond acceptors (Lipinski definition) is 4. The van der Waals surface area contributed by atoms with Crippen LogP contribution in [0.4, 0.5) is 5.69 Å². The SMILES string of the molecule is OCc1ccc(N2CCC(N3CCOCC3)C2)c(Cl)c1. The van der Waals surface area contributed by atoms with E-state index in [1.807, 2.05) is 18.2 Å². The maximum Gasteiger partial charge on any atom is 0.0682 e. The fraction of sp³-hybridized carbons (Fsp3) is 0.600. The predicted octanol–water partition coefficient (Wildman–Crippen LogP) is 1.74. The first kappa shape index (κ1) is 14.1. The van der Waals surface area contributed by atoms with Gasteiger partial charge < -0.3 is 14.7 Å². The van der Waals surface area contributed by atoms with Gasteiger partial charge in [0.15, 0.2) is 0 Å². The second-order valence-electron chi connectivity index (χ2n) is 5.48. The summed E-state index contributed by atoms with van der Waals surface area (Å²) < 4.78 is 5.42. The van der Waals surface area contributed by atoms with Crippen molar-refractivity contribution in [2.24, 2.45) is 0 Å². The maximum atomic E-state index is 9.14. The lowest BCUT2D eigenvalue weighted by Gasteiger charge is -2.32. The Morgan fingerprint density at radius 2 is 2.05 bits per heavy atom. The Balaban J connectivity index is 1.67.